The number of piperazine rings is 1. The number of thiophene rings is 1. The van der Waals surface area contributed by atoms with Crippen LogP contribution in [0.2, 0.25) is 0 Å². The molecule has 1 fully saturated rings. The maximum atomic E-state index is 13.2. The predicted molar refractivity (Wildman–Crippen MR) is 135 cm³/mol. The maximum absolute atomic E-state index is 13.2. The zero-order chi connectivity index (χ0) is 24.5. The molecule has 0 radical (unpaired) electrons. The second-order valence-corrected chi connectivity index (χ2v) is 12.7. The smallest absolute Gasteiger partial charge is 0.256 e. The molecule has 1 atom stereocenters. The van der Waals surface area contributed by atoms with Crippen molar-refractivity contribution < 1.29 is 17.9 Å². The first-order valence-corrected chi connectivity index (χ1v) is 14.1. The van der Waals surface area contributed by atoms with Gasteiger partial charge in [0.15, 0.2) is 21.6 Å². The van der Waals surface area contributed by atoms with Crippen molar-refractivity contribution in [2.24, 2.45) is 5.41 Å². The molecule has 4 heterocycles. The number of rotatable bonds is 8. The third-order valence-corrected chi connectivity index (χ3v) is 9.72. The lowest BCUT2D eigenvalue weighted by molar-refractivity contribution is 0.196. The molecule has 3 N–H and O–H groups in total. The van der Waals surface area contributed by atoms with E-state index in [0.29, 0.717) is 37.8 Å². The number of furan rings is 1. The lowest BCUT2D eigenvalue weighted by Gasteiger charge is -2.32. The maximum Gasteiger partial charge on any atom is 0.256 e. The Balaban J connectivity index is 1.53. The van der Waals surface area contributed by atoms with Gasteiger partial charge in [-0.25, -0.2) is 8.42 Å². The van der Waals surface area contributed by atoms with Crippen LogP contribution in [0.25, 0.3) is 0 Å². The van der Waals surface area contributed by atoms with Crippen LogP contribution < -0.4 is 10.6 Å². The first kappa shape index (κ1) is 24.9. The fraction of sp³-hybridized carbons (Fsp3) is 0.524. The van der Waals surface area contributed by atoms with Gasteiger partial charge in [-0.3, -0.25) is 0 Å². The molecular weight excluding hydrogens is 496 g/mol. The molecule has 0 spiro atoms. The van der Waals surface area contributed by atoms with Gasteiger partial charge in [-0.15, -0.1) is 11.3 Å². The fourth-order valence-corrected chi connectivity index (χ4v) is 7.08. The van der Waals surface area contributed by atoms with Gasteiger partial charge in [-0.2, -0.15) is 13.1 Å². The number of nitrogens with zero attached hydrogens (tertiary/aromatic N) is 4. The second kappa shape index (κ2) is 9.82. The van der Waals surface area contributed by atoms with E-state index in [9.17, 15) is 13.5 Å². The number of aromatic hydroxyl groups is 1. The van der Waals surface area contributed by atoms with E-state index in [-0.39, 0.29) is 27.1 Å². The highest BCUT2D eigenvalue weighted by molar-refractivity contribution is 7.91. The lowest BCUT2D eigenvalue weighted by Crippen LogP contribution is -2.48. The Labute approximate surface area is 208 Å². The molecule has 186 valence electrons. The van der Waals surface area contributed by atoms with E-state index < -0.39 is 10.0 Å². The average molecular weight is 527 g/mol. The van der Waals surface area contributed by atoms with Crippen molar-refractivity contribution in [2.45, 2.75) is 37.9 Å². The molecule has 3 aromatic rings. The highest BCUT2D eigenvalue weighted by atomic mass is 32.2. The highest BCUT2D eigenvalue weighted by Crippen LogP contribution is 2.42. The quantitative estimate of drug-likeness (QED) is 0.397. The minimum atomic E-state index is -3.79. The van der Waals surface area contributed by atoms with Crippen molar-refractivity contribution in [3.05, 3.63) is 29.5 Å². The largest absolute Gasteiger partial charge is 0.504 e. The molecule has 1 aliphatic rings. The molecule has 0 unspecified atom stereocenters. The van der Waals surface area contributed by atoms with Crippen LogP contribution in [-0.2, 0) is 10.0 Å². The van der Waals surface area contributed by atoms with E-state index in [0.717, 1.165) is 35.4 Å². The zero-order valence-electron chi connectivity index (χ0n) is 19.6. The van der Waals surface area contributed by atoms with Crippen molar-refractivity contribution >= 4 is 50.4 Å². The van der Waals surface area contributed by atoms with E-state index >= 15 is 0 Å². The molecular formula is C21H30N6O4S3. The Morgan fingerprint density at radius 1 is 1.21 bits per heavy atom. The van der Waals surface area contributed by atoms with Crippen molar-refractivity contribution in [3.63, 3.8) is 0 Å². The van der Waals surface area contributed by atoms with Gasteiger partial charge < -0.3 is 25.1 Å². The van der Waals surface area contributed by atoms with Crippen LogP contribution in [0.5, 0.6) is 5.75 Å². The normalized spacial score (nSPS) is 17.1. The Kier molecular flexibility index (Phi) is 7.20. The van der Waals surface area contributed by atoms with E-state index in [1.807, 2.05) is 12.1 Å². The van der Waals surface area contributed by atoms with Crippen LogP contribution in [0.3, 0.4) is 0 Å². The third kappa shape index (κ3) is 5.08. The summed E-state index contributed by atoms with van der Waals surface area (Å²) < 4.78 is 42.0. The summed E-state index contributed by atoms with van der Waals surface area (Å²) >= 11 is 2.00. The van der Waals surface area contributed by atoms with Crippen LogP contribution in [0.1, 0.15) is 39.5 Å². The van der Waals surface area contributed by atoms with Gasteiger partial charge in [0, 0.05) is 31.6 Å². The van der Waals surface area contributed by atoms with E-state index in [1.54, 1.807) is 11.6 Å². The van der Waals surface area contributed by atoms with Gasteiger partial charge in [-0.1, -0.05) is 27.7 Å². The van der Waals surface area contributed by atoms with Crippen molar-refractivity contribution in [1.82, 2.24) is 18.0 Å². The molecule has 0 saturated carbocycles. The Hall–Kier alpha value is -2.19. The van der Waals surface area contributed by atoms with Gasteiger partial charge in [0.1, 0.15) is 5.76 Å². The summed E-state index contributed by atoms with van der Waals surface area (Å²) in [6, 6.07) is 3.56. The minimum absolute atomic E-state index is 0.0687. The number of hydrogen-bond acceptors (Lipinski definition) is 11. The standard InChI is InChI=1S/C21H30N6O4S3/c1-5-26-8-10-27(11-9-26)34(29,30)20-16(28)14(13-32-20)22-18-19(25-33-24-18)23-17(21(2,3)4)15-7-6-12-31-15/h6-7,12-13,17,28H,5,8-11H2,1-4H3,(H,22,24)(H,23,25)/t17-/m0/s1. The van der Waals surface area contributed by atoms with E-state index in [1.165, 1.54) is 4.31 Å². The molecule has 10 nitrogen and oxygen atoms in total. The van der Waals surface area contributed by atoms with Gasteiger partial charge in [-0.05, 0) is 24.1 Å². The zero-order valence-corrected chi connectivity index (χ0v) is 22.1. The van der Waals surface area contributed by atoms with E-state index in [4.69, 9.17) is 4.42 Å². The average Bonchev–Trinajstić information content (AvgIpc) is 3.54. The lowest BCUT2D eigenvalue weighted by atomic mass is 9.85. The Morgan fingerprint density at radius 2 is 1.91 bits per heavy atom. The number of hydrogen-bond donors (Lipinski definition) is 3. The molecule has 0 aromatic carbocycles. The molecule has 1 aliphatic heterocycles. The first-order valence-electron chi connectivity index (χ1n) is 11.0. The molecule has 0 amide bonds. The number of likely N-dealkylation sites (N-methyl/N-ethyl adjacent to an activating group) is 1. The van der Waals surface area contributed by atoms with Crippen molar-refractivity contribution in [1.29, 1.82) is 0 Å². The fourth-order valence-electron chi connectivity index (χ4n) is 3.81. The van der Waals surface area contributed by atoms with Gasteiger partial charge in [0.25, 0.3) is 10.0 Å². The molecule has 0 aliphatic carbocycles. The van der Waals surface area contributed by atoms with Crippen LogP contribution >= 0.6 is 23.1 Å². The molecule has 3 aromatic heterocycles. The summed E-state index contributed by atoms with van der Waals surface area (Å²) in [5.41, 5.74) is 0.0867. The van der Waals surface area contributed by atoms with Crippen LogP contribution in [0.15, 0.2) is 32.4 Å². The van der Waals surface area contributed by atoms with Gasteiger partial charge >= 0.3 is 0 Å². The van der Waals surface area contributed by atoms with Crippen LogP contribution in [-0.4, -0.2) is 64.2 Å². The number of aromatic nitrogens is 2. The summed E-state index contributed by atoms with van der Waals surface area (Å²) in [5, 5.41) is 18.8. The second-order valence-electron chi connectivity index (χ2n) is 9.17. The summed E-state index contributed by atoms with van der Waals surface area (Å²) in [4.78, 5) is 2.20. The van der Waals surface area contributed by atoms with Crippen LogP contribution in [0.4, 0.5) is 17.3 Å². The highest BCUT2D eigenvalue weighted by Gasteiger charge is 2.33. The van der Waals surface area contributed by atoms with Crippen LogP contribution in [0, 0.1) is 5.41 Å². The summed E-state index contributed by atoms with van der Waals surface area (Å²) in [5.74, 6) is 1.35. The topological polar surface area (TPSA) is 124 Å². The van der Waals surface area contributed by atoms with Crippen molar-refractivity contribution in [2.75, 3.05) is 43.4 Å². The molecule has 0 bridgehead atoms. The predicted octanol–water partition coefficient (Wildman–Crippen LogP) is 4.17. The van der Waals surface area contributed by atoms with Gasteiger partial charge in [0.2, 0.25) is 0 Å². The SMILES string of the molecule is CCN1CCN(S(=O)(=O)c2scc(Nc3nsnc3N[C@@H](c3ccco3)C(C)(C)C)c2O)CC1. The third-order valence-electron chi connectivity index (χ3n) is 5.80. The summed E-state index contributed by atoms with van der Waals surface area (Å²) in [6.45, 7) is 11.4. The van der Waals surface area contributed by atoms with Gasteiger partial charge in [0.05, 0.1) is 29.7 Å². The molecule has 13 heteroatoms. The summed E-state index contributed by atoms with van der Waals surface area (Å²) in [7, 11) is -3.79. The number of sulfonamides is 1. The summed E-state index contributed by atoms with van der Waals surface area (Å²) in [6.07, 6.45) is 1.63. The number of anilines is 3. The first-order chi connectivity index (χ1) is 16.1. The number of nitrogens with one attached hydrogen (secondary N) is 2. The monoisotopic (exact) mass is 526 g/mol. The van der Waals surface area contributed by atoms with E-state index in [2.05, 4.69) is 52.0 Å². The minimum Gasteiger partial charge on any atom is -0.504 e. The molecule has 4 rings (SSSR count). The molecule has 1 saturated heterocycles. The molecule has 34 heavy (non-hydrogen) atoms. The Bertz CT molecular complexity index is 1190. The Morgan fingerprint density at radius 3 is 2.53 bits per heavy atom. The van der Waals surface area contributed by atoms with Crippen molar-refractivity contribution in [3.8, 4) is 5.75 Å².